The first-order valence-corrected chi connectivity index (χ1v) is 24.7. The molecule has 65 heavy (non-hydrogen) atoms. The molecule has 0 rings (SSSR count). The molecule has 6 amide bonds. The molecule has 0 aromatic rings. The maximum atomic E-state index is 13.5. The average molecular weight is 931 g/mol. The minimum absolute atomic E-state index is 0.0389. The number of hydrogen-bond acceptors (Lipinski definition) is 13. The second kappa shape index (κ2) is 45.7. The van der Waals surface area contributed by atoms with Crippen LogP contribution in [0.5, 0.6) is 0 Å². The lowest BCUT2D eigenvalue weighted by atomic mass is 10.0. The van der Waals surface area contributed by atoms with Crippen molar-refractivity contribution in [1.82, 2.24) is 31.9 Å². The number of unbranched alkanes of at least 4 members (excludes halogenated alkanes) is 12. The van der Waals surface area contributed by atoms with E-state index in [1.165, 1.54) is 25.7 Å². The third-order valence-electron chi connectivity index (χ3n) is 10.4. The number of carbonyl (C=O) groups is 6. The van der Waals surface area contributed by atoms with Crippen LogP contribution in [0.3, 0.4) is 0 Å². The van der Waals surface area contributed by atoms with E-state index in [2.05, 4.69) is 43.7 Å². The summed E-state index contributed by atoms with van der Waals surface area (Å²) in [4.78, 5) is 78.8. The molecular formula is C46H90N8O11. The van der Waals surface area contributed by atoms with E-state index in [4.69, 9.17) is 30.9 Å². The number of rotatable bonds is 48. The fraction of sp³-hybridized carbons (Fsp3) is 0.870. The highest BCUT2D eigenvalue weighted by molar-refractivity contribution is 5.78. The first kappa shape index (κ1) is 61.5. The highest BCUT2D eigenvalue weighted by Gasteiger charge is 2.34. The molecule has 0 atom stereocenters. The van der Waals surface area contributed by atoms with Gasteiger partial charge in [-0.25, -0.2) is 4.89 Å². The number of hydrogen-bond donors (Lipinski definition) is 9. The molecule has 0 heterocycles. The maximum absolute atomic E-state index is 13.5. The Hall–Kier alpha value is -3.46. The zero-order valence-electron chi connectivity index (χ0n) is 40.1. The van der Waals surface area contributed by atoms with E-state index in [0.29, 0.717) is 90.6 Å². The van der Waals surface area contributed by atoms with E-state index < -0.39 is 5.54 Å². The van der Waals surface area contributed by atoms with E-state index >= 15 is 0 Å². The molecule has 0 saturated carbocycles. The topological polar surface area (TPSA) is 284 Å². The van der Waals surface area contributed by atoms with Gasteiger partial charge in [0.2, 0.25) is 35.4 Å². The van der Waals surface area contributed by atoms with Crippen molar-refractivity contribution in [3.05, 3.63) is 0 Å². The molecule has 0 radical (unpaired) electrons. The quantitative estimate of drug-likeness (QED) is 0.0241. The Labute approximate surface area is 389 Å². The van der Waals surface area contributed by atoms with E-state index in [1.54, 1.807) is 0 Å². The van der Waals surface area contributed by atoms with Gasteiger partial charge < -0.3 is 57.6 Å². The summed E-state index contributed by atoms with van der Waals surface area (Å²) in [5.41, 5.74) is 9.88. The lowest BCUT2D eigenvalue weighted by Gasteiger charge is -2.34. The van der Waals surface area contributed by atoms with Gasteiger partial charge in [0, 0.05) is 71.2 Å². The van der Waals surface area contributed by atoms with Crippen LogP contribution < -0.4 is 43.4 Å². The summed E-state index contributed by atoms with van der Waals surface area (Å²) in [7, 11) is 0. The standard InChI is InChI=1S/C46H90N8O11/c1-2-3-4-11-15-28-49-40(55)20-12-9-7-5-6-8-10-13-22-45(60)54-46(37-62-34-23-42(57)50-29-17-26-47,38-63-35-24-43(58)51-30-18-27-48)39-64-36-25-44(59)53-32-19-31-52-41(56)21-14-16-33-65-61/h61H,2-39,47-48H2,1H3,(H,49,55)(H,50,57)(H,51,58)(H,52,56)(H,53,59)(H,54,60). The predicted molar refractivity (Wildman–Crippen MR) is 252 cm³/mol. The molecular weight excluding hydrogens is 841 g/mol. The highest BCUT2D eigenvalue weighted by Crippen LogP contribution is 2.14. The molecule has 0 aromatic carbocycles. The van der Waals surface area contributed by atoms with Gasteiger partial charge >= 0.3 is 0 Å². The van der Waals surface area contributed by atoms with Crippen molar-refractivity contribution in [3.63, 3.8) is 0 Å². The van der Waals surface area contributed by atoms with E-state index in [1.807, 2.05) is 0 Å². The van der Waals surface area contributed by atoms with Gasteiger partial charge in [0.15, 0.2) is 0 Å². The number of nitrogens with two attached hydrogens (primary N) is 2. The molecule has 0 aliphatic heterocycles. The Morgan fingerprint density at radius 1 is 0.400 bits per heavy atom. The fourth-order valence-corrected chi connectivity index (χ4v) is 6.57. The maximum Gasteiger partial charge on any atom is 0.222 e. The van der Waals surface area contributed by atoms with Crippen LogP contribution in [0.4, 0.5) is 0 Å². The third-order valence-corrected chi connectivity index (χ3v) is 10.4. The molecule has 0 aliphatic rings. The Balaban J connectivity index is 5.16. The summed E-state index contributed by atoms with van der Waals surface area (Å²) in [6, 6.07) is 0. The second-order valence-corrected chi connectivity index (χ2v) is 16.7. The van der Waals surface area contributed by atoms with Crippen LogP contribution in [0.2, 0.25) is 0 Å². The van der Waals surface area contributed by atoms with Crippen molar-refractivity contribution < 1.29 is 53.1 Å². The largest absolute Gasteiger partial charge is 0.378 e. The molecule has 19 heteroatoms. The molecule has 0 bridgehead atoms. The Morgan fingerprint density at radius 2 is 0.738 bits per heavy atom. The molecule has 0 fully saturated rings. The molecule has 0 spiro atoms. The normalized spacial score (nSPS) is 11.3. The predicted octanol–water partition coefficient (Wildman–Crippen LogP) is 3.26. The third kappa shape index (κ3) is 41.7. The number of nitrogens with one attached hydrogen (secondary N) is 6. The number of amides is 6. The Kier molecular flexibility index (Phi) is 43.3. The summed E-state index contributed by atoms with van der Waals surface area (Å²) in [5.74, 6) is -0.804. The van der Waals surface area contributed by atoms with Gasteiger partial charge in [-0.1, -0.05) is 71.1 Å². The Bertz CT molecular complexity index is 1190. The van der Waals surface area contributed by atoms with E-state index in [-0.39, 0.29) is 107 Å². The van der Waals surface area contributed by atoms with Crippen LogP contribution in [-0.2, 0) is 47.9 Å². The number of carbonyl (C=O) groups excluding carboxylic acids is 6. The molecule has 0 aromatic heterocycles. The summed E-state index contributed by atoms with van der Waals surface area (Å²) in [6.07, 6.45) is 18.0. The summed E-state index contributed by atoms with van der Waals surface area (Å²) in [5, 5.41) is 25.7. The van der Waals surface area contributed by atoms with Crippen LogP contribution in [0.25, 0.3) is 0 Å². The summed E-state index contributed by atoms with van der Waals surface area (Å²) < 4.78 is 17.9. The number of ether oxygens (including phenoxy) is 3. The lowest BCUT2D eigenvalue weighted by Crippen LogP contribution is -2.58. The van der Waals surface area contributed by atoms with Gasteiger partial charge in [0.25, 0.3) is 0 Å². The first-order valence-electron chi connectivity index (χ1n) is 24.7. The van der Waals surface area contributed by atoms with Crippen LogP contribution in [0.1, 0.15) is 161 Å². The molecule has 0 saturated heterocycles. The molecule has 0 unspecified atom stereocenters. The van der Waals surface area contributed by atoms with Crippen LogP contribution in [0, 0.1) is 0 Å². The second-order valence-electron chi connectivity index (χ2n) is 16.7. The van der Waals surface area contributed by atoms with Gasteiger partial charge in [0.05, 0.1) is 46.2 Å². The van der Waals surface area contributed by atoms with Gasteiger partial charge in [-0.2, -0.15) is 0 Å². The van der Waals surface area contributed by atoms with Crippen molar-refractivity contribution in [2.24, 2.45) is 11.5 Å². The zero-order chi connectivity index (χ0) is 47.9. The zero-order valence-corrected chi connectivity index (χ0v) is 40.1. The van der Waals surface area contributed by atoms with Crippen molar-refractivity contribution in [2.45, 2.75) is 167 Å². The molecule has 0 aliphatic carbocycles. The van der Waals surface area contributed by atoms with Gasteiger partial charge in [-0.15, -0.1) is 0 Å². The minimum Gasteiger partial charge on any atom is -0.378 e. The van der Waals surface area contributed by atoms with Crippen molar-refractivity contribution in [1.29, 1.82) is 0 Å². The summed E-state index contributed by atoms with van der Waals surface area (Å²) in [6.45, 7) is 5.77. The lowest BCUT2D eigenvalue weighted by molar-refractivity contribution is -0.242. The minimum atomic E-state index is -1.19. The fourth-order valence-electron chi connectivity index (χ4n) is 6.57. The SMILES string of the molecule is CCCCCCCNC(=O)CCCCCCCCCCC(=O)NC(COCCC(=O)NCCCN)(COCCC(=O)NCCCN)COCCC(=O)NCCCNC(=O)CCCCOO. The molecule has 380 valence electrons. The van der Waals surface area contributed by atoms with Gasteiger partial charge in [-0.05, 0) is 64.5 Å². The van der Waals surface area contributed by atoms with Crippen LogP contribution in [-0.4, -0.2) is 138 Å². The van der Waals surface area contributed by atoms with Crippen LogP contribution >= 0.6 is 0 Å². The van der Waals surface area contributed by atoms with Crippen molar-refractivity contribution in [2.75, 3.05) is 92.1 Å². The van der Waals surface area contributed by atoms with E-state index in [0.717, 1.165) is 57.9 Å². The molecule has 19 nitrogen and oxygen atoms in total. The van der Waals surface area contributed by atoms with Crippen LogP contribution in [0.15, 0.2) is 0 Å². The van der Waals surface area contributed by atoms with Gasteiger partial charge in [0.1, 0.15) is 5.54 Å². The Morgan fingerprint density at radius 3 is 1.15 bits per heavy atom. The first-order chi connectivity index (χ1) is 31.6. The van der Waals surface area contributed by atoms with Crippen molar-refractivity contribution >= 4 is 35.4 Å². The van der Waals surface area contributed by atoms with E-state index in [9.17, 15) is 28.8 Å². The monoisotopic (exact) mass is 931 g/mol. The van der Waals surface area contributed by atoms with Gasteiger partial charge in [-0.3, -0.25) is 34.0 Å². The summed E-state index contributed by atoms with van der Waals surface area (Å²) >= 11 is 0. The molecule has 11 N–H and O–H groups in total. The average Bonchev–Trinajstić information content (AvgIpc) is 3.28. The highest BCUT2D eigenvalue weighted by atomic mass is 17.1. The smallest absolute Gasteiger partial charge is 0.222 e. The van der Waals surface area contributed by atoms with Crippen molar-refractivity contribution in [3.8, 4) is 0 Å².